The summed E-state index contributed by atoms with van der Waals surface area (Å²) in [5.74, 6) is 0.704. The number of nitrogens with one attached hydrogen (secondary N) is 2. The number of carbonyl (C=O) groups is 1. The van der Waals surface area contributed by atoms with E-state index in [1.807, 2.05) is 13.8 Å². The fourth-order valence-electron chi connectivity index (χ4n) is 3.63. The van der Waals surface area contributed by atoms with Crippen molar-refractivity contribution in [3.05, 3.63) is 33.7 Å². The molecule has 2 fully saturated rings. The molecule has 0 spiro atoms. The quantitative estimate of drug-likeness (QED) is 0.851. The molecule has 6 heteroatoms. The molecular weight excluding hydrogens is 318 g/mol. The second kappa shape index (κ2) is 8.15. The average molecular weight is 347 g/mol. The third-order valence-corrected chi connectivity index (χ3v) is 5.21. The van der Waals surface area contributed by atoms with Crippen molar-refractivity contribution in [2.75, 3.05) is 32.8 Å². The van der Waals surface area contributed by atoms with Crippen LogP contribution < -0.4 is 10.9 Å². The first-order chi connectivity index (χ1) is 12.0. The summed E-state index contributed by atoms with van der Waals surface area (Å²) >= 11 is 0. The molecule has 6 nitrogen and oxygen atoms in total. The summed E-state index contributed by atoms with van der Waals surface area (Å²) in [7, 11) is 0. The summed E-state index contributed by atoms with van der Waals surface area (Å²) in [5, 5.41) is 3.10. The van der Waals surface area contributed by atoms with Crippen molar-refractivity contribution in [2.24, 2.45) is 5.92 Å². The van der Waals surface area contributed by atoms with Crippen molar-refractivity contribution in [3.8, 4) is 0 Å². The average Bonchev–Trinajstić information content (AvgIpc) is 3.09. The predicted octanol–water partition coefficient (Wildman–Crippen LogP) is 1.73. The van der Waals surface area contributed by atoms with E-state index in [1.165, 1.54) is 6.07 Å². The van der Waals surface area contributed by atoms with Crippen LogP contribution in [0, 0.1) is 5.92 Å². The van der Waals surface area contributed by atoms with Gasteiger partial charge in [0, 0.05) is 49.6 Å². The number of rotatable bonds is 5. The molecule has 0 saturated carbocycles. The number of aromatic nitrogens is 1. The Labute approximate surface area is 148 Å². The fourth-order valence-corrected chi connectivity index (χ4v) is 3.63. The number of H-pyrrole nitrogens is 1. The van der Waals surface area contributed by atoms with Gasteiger partial charge >= 0.3 is 0 Å². The molecule has 3 rings (SSSR count). The number of hydrogen-bond donors (Lipinski definition) is 2. The summed E-state index contributed by atoms with van der Waals surface area (Å²) in [5.41, 5.74) is 1.04. The topological polar surface area (TPSA) is 74.4 Å². The first-order valence-electron chi connectivity index (χ1n) is 9.36. The van der Waals surface area contributed by atoms with Gasteiger partial charge in [0.25, 0.3) is 5.91 Å². The molecule has 2 aliphatic heterocycles. The lowest BCUT2D eigenvalue weighted by Crippen LogP contribution is -2.46. The van der Waals surface area contributed by atoms with E-state index in [0.29, 0.717) is 11.5 Å². The molecule has 2 aliphatic rings. The Bertz CT molecular complexity index is 642. The molecule has 2 N–H and O–H groups in total. The maximum atomic E-state index is 12.5. The van der Waals surface area contributed by atoms with E-state index < -0.39 is 0 Å². The first-order valence-corrected chi connectivity index (χ1v) is 9.36. The maximum Gasteiger partial charge on any atom is 0.251 e. The molecule has 0 bridgehead atoms. The molecule has 0 radical (unpaired) electrons. The fraction of sp³-hybridized carbons (Fsp3) is 0.684. The number of ether oxygens (including phenoxy) is 1. The zero-order chi connectivity index (χ0) is 17.8. The van der Waals surface area contributed by atoms with Crippen LogP contribution in [0.5, 0.6) is 0 Å². The van der Waals surface area contributed by atoms with Crippen molar-refractivity contribution in [1.29, 1.82) is 0 Å². The predicted molar refractivity (Wildman–Crippen MR) is 97.0 cm³/mol. The second-order valence-electron chi connectivity index (χ2n) is 7.62. The standard InChI is InChI=1S/C19H29N3O3/c1-13(2)17-9-15(10-18(23)21-17)19(24)20-16-3-6-22(7-4-16)11-14-5-8-25-12-14/h9-10,13-14,16H,3-8,11-12H2,1-2H3,(H,20,24)(H,21,23)/t14-/m0/s1. The van der Waals surface area contributed by atoms with Crippen LogP contribution in [-0.4, -0.2) is 54.7 Å². The molecule has 25 heavy (non-hydrogen) atoms. The van der Waals surface area contributed by atoms with Crippen LogP contribution in [0.4, 0.5) is 0 Å². The lowest BCUT2D eigenvalue weighted by atomic mass is 10.0. The SMILES string of the molecule is CC(C)c1cc(C(=O)NC2CCN(C[C@@H]3CCOC3)CC2)cc(=O)[nH]1. The normalized spacial score (nSPS) is 22.4. The summed E-state index contributed by atoms with van der Waals surface area (Å²) in [6, 6.07) is 3.36. The van der Waals surface area contributed by atoms with Crippen LogP contribution in [0.3, 0.4) is 0 Å². The minimum atomic E-state index is -0.218. The van der Waals surface area contributed by atoms with Gasteiger partial charge in [-0.05, 0) is 37.2 Å². The molecule has 1 aromatic rings. The van der Waals surface area contributed by atoms with Gasteiger partial charge in [0.1, 0.15) is 0 Å². The number of hydrogen-bond acceptors (Lipinski definition) is 4. The van der Waals surface area contributed by atoms with E-state index >= 15 is 0 Å². The maximum absolute atomic E-state index is 12.5. The summed E-state index contributed by atoms with van der Waals surface area (Å²) in [4.78, 5) is 29.5. The van der Waals surface area contributed by atoms with Crippen molar-refractivity contribution in [2.45, 2.75) is 45.1 Å². The molecule has 0 aliphatic carbocycles. The van der Waals surface area contributed by atoms with Gasteiger partial charge in [-0.2, -0.15) is 0 Å². The highest BCUT2D eigenvalue weighted by Gasteiger charge is 2.25. The second-order valence-corrected chi connectivity index (χ2v) is 7.62. The van der Waals surface area contributed by atoms with Crippen molar-refractivity contribution in [1.82, 2.24) is 15.2 Å². The van der Waals surface area contributed by atoms with Crippen LogP contribution in [-0.2, 0) is 4.74 Å². The van der Waals surface area contributed by atoms with Crippen molar-refractivity contribution >= 4 is 5.91 Å². The highest BCUT2D eigenvalue weighted by Crippen LogP contribution is 2.18. The number of piperidine rings is 1. The Morgan fingerprint density at radius 2 is 2.08 bits per heavy atom. The van der Waals surface area contributed by atoms with Crippen molar-refractivity contribution in [3.63, 3.8) is 0 Å². The highest BCUT2D eigenvalue weighted by atomic mass is 16.5. The minimum Gasteiger partial charge on any atom is -0.381 e. The Kier molecular flexibility index (Phi) is 5.91. The van der Waals surface area contributed by atoms with Crippen molar-refractivity contribution < 1.29 is 9.53 Å². The van der Waals surface area contributed by atoms with Gasteiger partial charge < -0.3 is 19.9 Å². The smallest absolute Gasteiger partial charge is 0.251 e. The third kappa shape index (κ3) is 4.92. The summed E-state index contributed by atoms with van der Waals surface area (Å²) < 4.78 is 5.45. The number of nitrogens with zero attached hydrogens (tertiary/aromatic N) is 1. The molecular formula is C19H29N3O3. The number of amides is 1. The van der Waals surface area contributed by atoms with Gasteiger partial charge in [0.15, 0.2) is 0 Å². The molecule has 1 aromatic heterocycles. The van der Waals surface area contributed by atoms with Crippen LogP contribution in [0.25, 0.3) is 0 Å². The zero-order valence-electron chi connectivity index (χ0n) is 15.2. The zero-order valence-corrected chi connectivity index (χ0v) is 15.2. The summed E-state index contributed by atoms with van der Waals surface area (Å²) in [6.45, 7) is 8.90. The molecule has 0 aromatic carbocycles. The van der Waals surface area contributed by atoms with Gasteiger partial charge in [-0.25, -0.2) is 0 Å². The van der Waals surface area contributed by atoms with Crippen LogP contribution >= 0.6 is 0 Å². The van der Waals surface area contributed by atoms with Gasteiger partial charge in [0.2, 0.25) is 5.56 Å². The molecule has 2 saturated heterocycles. The largest absolute Gasteiger partial charge is 0.381 e. The molecule has 1 amide bonds. The number of carbonyl (C=O) groups excluding carboxylic acids is 1. The van der Waals surface area contributed by atoms with E-state index in [1.54, 1.807) is 6.07 Å². The lowest BCUT2D eigenvalue weighted by molar-refractivity contribution is 0.0903. The van der Waals surface area contributed by atoms with E-state index in [0.717, 1.165) is 57.8 Å². The van der Waals surface area contributed by atoms with E-state index in [-0.39, 0.29) is 23.4 Å². The monoisotopic (exact) mass is 347 g/mol. The minimum absolute atomic E-state index is 0.143. The molecule has 1 atom stereocenters. The van der Waals surface area contributed by atoms with Gasteiger partial charge in [-0.3, -0.25) is 9.59 Å². The molecule has 3 heterocycles. The first kappa shape index (κ1) is 18.1. The van der Waals surface area contributed by atoms with E-state index in [2.05, 4.69) is 15.2 Å². The Balaban J connectivity index is 1.51. The number of pyridine rings is 1. The Hall–Kier alpha value is -1.66. The van der Waals surface area contributed by atoms with Crippen LogP contribution in [0.1, 0.15) is 55.1 Å². The number of aromatic amines is 1. The van der Waals surface area contributed by atoms with E-state index in [4.69, 9.17) is 4.74 Å². The van der Waals surface area contributed by atoms with Gasteiger partial charge in [-0.1, -0.05) is 13.8 Å². The number of likely N-dealkylation sites (tertiary alicyclic amines) is 1. The third-order valence-electron chi connectivity index (χ3n) is 5.21. The highest BCUT2D eigenvalue weighted by molar-refractivity contribution is 5.94. The van der Waals surface area contributed by atoms with Gasteiger partial charge in [-0.15, -0.1) is 0 Å². The Morgan fingerprint density at radius 3 is 2.72 bits per heavy atom. The van der Waals surface area contributed by atoms with Gasteiger partial charge in [0.05, 0.1) is 6.61 Å². The Morgan fingerprint density at radius 1 is 1.32 bits per heavy atom. The van der Waals surface area contributed by atoms with Crippen LogP contribution in [0.2, 0.25) is 0 Å². The van der Waals surface area contributed by atoms with E-state index in [9.17, 15) is 9.59 Å². The lowest BCUT2D eigenvalue weighted by Gasteiger charge is -2.33. The molecule has 138 valence electrons. The van der Waals surface area contributed by atoms with Crippen LogP contribution in [0.15, 0.2) is 16.9 Å². The molecule has 0 unspecified atom stereocenters. The summed E-state index contributed by atoms with van der Waals surface area (Å²) in [6.07, 6.45) is 3.08.